The van der Waals surface area contributed by atoms with Gasteiger partial charge in [-0.15, -0.1) is 0 Å². The van der Waals surface area contributed by atoms with Crippen molar-refractivity contribution >= 4 is 8.32 Å². The largest absolute Gasteiger partial charge is 0.493 e. The second-order valence-corrected chi connectivity index (χ2v) is 15.9. The molecule has 1 aliphatic carbocycles. The molecule has 0 N–H and O–H groups in total. The molecule has 1 heterocycles. The molecule has 0 spiro atoms. The quantitative estimate of drug-likeness (QED) is 0.427. The Labute approximate surface area is 211 Å². The van der Waals surface area contributed by atoms with Crippen LogP contribution < -0.4 is 18.9 Å². The highest BCUT2D eigenvalue weighted by Crippen LogP contribution is 2.57. The standard InChI is InChI=1S/C28H40O6Si/c1-27(2,3)35(8,9)34-17-22-19-12-18-13-24(30-5)26(32-7)15-21(18)28(22,33-16-19)20-10-11-23(29-4)25(14-20)31-6/h10-11,13-15,19,22H,12,16-17H2,1-9H3/t19-,22-,28-/m0/s1. The summed E-state index contributed by atoms with van der Waals surface area (Å²) in [5.74, 6) is 3.30. The van der Waals surface area contributed by atoms with E-state index in [1.165, 1.54) is 5.56 Å². The molecular formula is C28H40O6Si. The van der Waals surface area contributed by atoms with Gasteiger partial charge < -0.3 is 28.1 Å². The Kier molecular flexibility index (Phi) is 6.90. The number of hydrogen-bond acceptors (Lipinski definition) is 6. The van der Waals surface area contributed by atoms with Crippen LogP contribution in [0.15, 0.2) is 30.3 Å². The SMILES string of the molecule is COc1ccc([C@]23OC[C@H](Cc4cc(OC)c(OC)cc42)[C@@H]3CO[Si](C)(C)C(C)(C)C)cc1OC. The zero-order valence-electron chi connectivity index (χ0n) is 22.6. The molecule has 0 unspecified atom stereocenters. The molecule has 2 aromatic carbocycles. The highest BCUT2D eigenvalue weighted by molar-refractivity contribution is 6.74. The van der Waals surface area contributed by atoms with Crippen molar-refractivity contribution in [2.45, 2.75) is 50.9 Å². The summed E-state index contributed by atoms with van der Waals surface area (Å²) in [6.07, 6.45) is 0.913. The molecule has 6 nitrogen and oxygen atoms in total. The van der Waals surface area contributed by atoms with Gasteiger partial charge in [0.15, 0.2) is 31.3 Å². The first-order valence-electron chi connectivity index (χ1n) is 12.3. The smallest absolute Gasteiger partial charge is 0.191 e. The van der Waals surface area contributed by atoms with Crippen molar-refractivity contribution in [1.82, 2.24) is 0 Å². The fourth-order valence-corrected chi connectivity index (χ4v) is 6.31. The molecule has 1 fully saturated rings. The van der Waals surface area contributed by atoms with Gasteiger partial charge in [-0.2, -0.15) is 0 Å². The van der Waals surface area contributed by atoms with Gasteiger partial charge in [0.05, 0.1) is 35.0 Å². The van der Waals surface area contributed by atoms with Crippen LogP contribution in [-0.4, -0.2) is 50.0 Å². The Balaban J connectivity index is 1.89. The molecule has 1 aliphatic heterocycles. The monoisotopic (exact) mass is 500 g/mol. The minimum absolute atomic E-state index is 0.132. The molecular weight excluding hydrogens is 460 g/mol. The molecule has 0 saturated carbocycles. The van der Waals surface area contributed by atoms with E-state index in [2.05, 4.69) is 52.1 Å². The highest BCUT2D eigenvalue weighted by atomic mass is 28.4. The van der Waals surface area contributed by atoms with Gasteiger partial charge in [-0.05, 0) is 71.4 Å². The average molecular weight is 501 g/mol. The molecule has 2 aliphatic rings. The number of fused-ring (bicyclic) bond motifs is 4. The van der Waals surface area contributed by atoms with Gasteiger partial charge in [0.25, 0.3) is 0 Å². The van der Waals surface area contributed by atoms with E-state index in [9.17, 15) is 0 Å². The summed E-state index contributed by atoms with van der Waals surface area (Å²) in [7, 11) is 4.71. The Morgan fingerprint density at radius 1 is 0.886 bits per heavy atom. The predicted octanol–water partition coefficient (Wildman–Crippen LogP) is 5.81. The van der Waals surface area contributed by atoms with Crippen LogP contribution in [0.2, 0.25) is 18.1 Å². The summed E-state index contributed by atoms with van der Waals surface area (Å²) in [4.78, 5) is 0. The second-order valence-electron chi connectivity index (χ2n) is 11.1. The van der Waals surface area contributed by atoms with Crippen molar-refractivity contribution in [3.8, 4) is 23.0 Å². The zero-order chi connectivity index (χ0) is 25.6. The third-order valence-corrected chi connectivity index (χ3v) is 12.9. The van der Waals surface area contributed by atoms with Crippen LogP contribution in [0.1, 0.15) is 37.5 Å². The van der Waals surface area contributed by atoms with E-state index in [0.717, 1.165) is 23.3 Å². The lowest BCUT2D eigenvalue weighted by Crippen LogP contribution is -2.47. The molecule has 0 aromatic heterocycles. The van der Waals surface area contributed by atoms with Crippen molar-refractivity contribution in [2.24, 2.45) is 11.8 Å². The molecule has 7 heteroatoms. The maximum absolute atomic E-state index is 6.83. The first-order chi connectivity index (χ1) is 16.5. The van der Waals surface area contributed by atoms with E-state index in [1.54, 1.807) is 28.4 Å². The molecule has 0 amide bonds. The summed E-state index contributed by atoms with van der Waals surface area (Å²) in [6, 6.07) is 10.3. The minimum Gasteiger partial charge on any atom is -0.493 e. The number of hydrogen-bond donors (Lipinski definition) is 0. The highest BCUT2D eigenvalue weighted by Gasteiger charge is 2.57. The maximum Gasteiger partial charge on any atom is 0.191 e. The normalized spacial score (nSPS) is 23.6. The first kappa shape index (κ1) is 25.9. The predicted molar refractivity (Wildman–Crippen MR) is 140 cm³/mol. The number of methoxy groups -OCH3 is 4. The summed E-state index contributed by atoms with van der Waals surface area (Å²) in [6.45, 7) is 12.8. The van der Waals surface area contributed by atoms with Crippen LogP contribution in [0.5, 0.6) is 23.0 Å². The second kappa shape index (κ2) is 9.34. The van der Waals surface area contributed by atoms with E-state index in [4.69, 9.17) is 28.1 Å². The van der Waals surface area contributed by atoms with Crippen molar-refractivity contribution < 1.29 is 28.1 Å². The topological polar surface area (TPSA) is 55.4 Å². The molecule has 2 aromatic rings. The van der Waals surface area contributed by atoms with Crippen LogP contribution in [0.25, 0.3) is 0 Å². The van der Waals surface area contributed by atoms with Crippen LogP contribution in [0, 0.1) is 11.8 Å². The summed E-state index contributed by atoms with van der Waals surface area (Å²) >= 11 is 0. The van der Waals surface area contributed by atoms with Gasteiger partial charge in [0.2, 0.25) is 0 Å². The van der Waals surface area contributed by atoms with E-state index >= 15 is 0 Å². The minimum atomic E-state index is -1.96. The Hall–Kier alpha value is -2.22. The number of rotatable bonds is 8. The van der Waals surface area contributed by atoms with Gasteiger partial charge in [0.1, 0.15) is 5.60 Å². The van der Waals surface area contributed by atoms with Gasteiger partial charge in [-0.3, -0.25) is 0 Å². The molecule has 192 valence electrons. The Bertz CT molecular complexity index is 1080. The van der Waals surface area contributed by atoms with E-state index in [0.29, 0.717) is 36.4 Å². The fourth-order valence-electron chi connectivity index (χ4n) is 5.28. The van der Waals surface area contributed by atoms with E-state index in [-0.39, 0.29) is 11.0 Å². The first-order valence-corrected chi connectivity index (χ1v) is 15.2. The van der Waals surface area contributed by atoms with E-state index < -0.39 is 13.9 Å². The van der Waals surface area contributed by atoms with Crippen LogP contribution in [0.4, 0.5) is 0 Å². The molecule has 35 heavy (non-hydrogen) atoms. The number of benzene rings is 2. The van der Waals surface area contributed by atoms with Gasteiger partial charge in [0, 0.05) is 12.5 Å². The lowest BCUT2D eigenvalue weighted by molar-refractivity contribution is -0.00545. The van der Waals surface area contributed by atoms with E-state index in [1.807, 2.05) is 12.1 Å². The van der Waals surface area contributed by atoms with Gasteiger partial charge >= 0.3 is 0 Å². The Morgan fingerprint density at radius 2 is 1.49 bits per heavy atom. The van der Waals surface area contributed by atoms with Crippen LogP contribution in [-0.2, 0) is 21.2 Å². The van der Waals surface area contributed by atoms with Crippen LogP contribution in [0.3, 0.4) is 0 Å². The molecule has 2 bridgehead atoms. The van der Waals surface area contributed by atoms with Crippen molar-refractivity contribution in [3.63, 3.8) is 0 Å². The van der Waals surface area contributed by atoms with Crippen molar-refractivity contribution in [1.29, 1.82) is 0 Å². The Morgan fingerprint density at radius 3 is 2.09 bits per heavy atom. The fraction of sp³-hybridized carbons (Fsp3) is 0.571. The van der Waals surface area contributed by atoms with Crippen LogP contribution >= 0.6 is 0 Å². The average Bonchev–Trinajstić information content (AvgIpc) is 3.10. The van der Waals surface area contributed by atoms with Gasteiger partial charge in [-0.25, -0.2) is 0 Å². The molecule has 3 atom stereocenters. The van der Waals surface area contributed by atoms with Crippen molar-refractivity contribution in [3.05, 3.63) is 47.0 Å². The maximum atomic E-state index is 6.83. The summed E-state index contributed by atoms with van der Waals surface area (Å²) in [5.41, 5.74) is 2.69. The third-order valence-electron chi connectivity index (χ3n) is 8.35. The molecule has 1 saturated heterocycles. The van der Waals surface area contributed by atoms with Crippen molar-refractivity contribution in [2.75, 3.05) is 41.7 Å². The summed E-state index contributed by atoms with van der Waals surface area (Å²) in [5, 5.41) is 0.132. The molecule has 4 rings (SSSR count). The lowest BCUT2D eigenvalue weighted by atomic mass is 9.65. The molecule has 0 radical (unpaired) electrons. The summed E-state index contributed by atoms with van der Waals surface area (Å²) < 4.78 is 36.2. The number of ether oxygens (including phenoxy) is 5. The third kappa shape index (κ3) is 4.21. The van der Waals surface area contributed by atoms with Gasteiger partial charge in [-0.1, -0.05) is 26.8 Å². The lowest BCUT2D eigenvalue weighted by Gasteiger charge is -2.44. The zero-order valence-corrected chi connectivity index (χ0v) is 23.6.